The minimum atomic E-state index is -0.453. The van der Waals surface area contributed by atoms with Crippen LogP contribution in [0.5, 0.6) is 0 Å². The normalized spacial score (nSPS) is 11.9. The van der Waals surface area contributed by atoms with E-state index in [0.29, 0.717) is 23.2 Å². The summed E-state index contributed by atoms with van der Waals surface area (Å²) in [4.78, 5) is 45.4. The summed E-state index contributed by atoms with van der Waals surface area (Å²) in [6.07, 6.45) is 4.16. The van der Waals surface area contributed by atoms with Gasteiger partial charge in [-0.2, -0.15) is 0 Å². The number of hydrogen-bond donors (Lipinski definition) is 1. The lowest BCUT2D eigenvalue weighted by Gasteiger charge is -2.18. The van der Waals surface area contributed by atoms with Crippen molar-refractivity contribution in [3.8, 4) is 16.9 Å². The van der Waals surface area contributed by atoms with Crippen LogP contribution in [-0.4, -0.2) is 44.9 Å². The molecule has 2 heterocycles. The maximum atomic E-state index is 14.0. The van der Waals surface area contributed by atoms with E-state index in [2.05, 4.69) is 10.3 Å². The van der Waals surface area contributed by atoms with Crippen LogP contribution >= 0.6 is 0 Å². The van der Waals surface area contributed by atoms with Crippen molar-refractivity contribution in [3.05, 3.63) is 111 Å². The predicted molar refractivity (Wildman–Crippen MR) is 172 cm³/mol. The Morgan fingerprint density at radius 3 is 2.52 bits per heavy atom. The highest BCUT2D eigenvalue weighted by atomic mass is 19.1. The number of aromatic nitrogens is 3. The topological polar surface area (TPSA) is 89.2 Å². The summed E-state index contributed by atoms with van der Waals surface area (Å²) in [6.45, 7) is 7.73. The molecule has 0 bridgehead atoms. The summed E-state index contributed by atoms with van der Waals surface area (Å²) in [6, 6.07) is 17.9. The molecule has 1 atom stereocenters. The van der Waals surface area contributed by atoms with Gasteiger partial charge >= 0.3 is 0 Å². The van der Waals surface area contributed by atoms with Crippen LogP contribution in [0.4, 0.5) is 10.2 Å². The average Bonchev–Trinajstić information content (AvgIpc) is 3.34. The number of carbonyl (C=O) groups is 2. The monoisotopic (exact) mass is 593 g/mol. The molecule has 0 aliphatic heterocycles. The predicted octanol–water partition coefficient (Wildman–Crippen LogP) is 6.34. The Kier molecular flexibility index (Phi) is 8.49. The van der Waals surface area contributed by atoms with Crippen LogP contribution in [-0.2, 0) is 11.3 Å². The molecule has 8 nitrogen and oxygen atoms in total. The van der Waals surface area contributed by atoms with E-state index in [1.54, 1.807) is 50.0 Å². The van der Waals surface area contributed by atoms with Crippen LogP contribution < -0.4 is 10.9 Å². The zero-order valence-corrected chi connectivity index (χ0v) is 25.8. The van der Waals surface area contributed by atoms with Crippen molar-refractivity contribution in [1.29, 1.82) is 0 Å². The molecule has 5 aromatic rings. The molecule has 1 N–H and O–H groups in total. The number of nitrogens with one attached hydrogen (secondary N) is 1. The minimum Gasteiger partial charge on any atom is -0.345 e. The minimum absolute atomic E-state index is 0.0533. The highest BCUT2D eigenvalue weighted by Gasteiger charge is 2.20. The van der Waals surface area contributed by atoms with Gasteiger partial charge in [0.05, 0.1) is 24.0 Å². The molecule has 2 aromatic heterocycles. The van der Waals surface area contributed by atoms with Gasteiger partial charge in [-0.05, 0) is 79.4 Å². The van der Waals surface area contributed by atoms with Crippen molar-refractivity contribution >= 4 is 28.5 Å². The van der Waals surface area contributed by atoms with E-state index < -0.39 is 5.56 Å². The summed E-state index contributed by atoms with van der Waals surface area (Å²) in [5, 5.41) is 3.54. The molecule has 0 fully saturated rings. The second-order valence-electron chi connectivity index (χ2n) is 11.4. The molecule has 0 saturated carbocycles. The number of fused-ring (bicyclic) bond motifs is 1. The molecule has 9 heteroatoms. The van der Waals surface area contributed by atoms with Gasteiger partial charge in [0, 0.05) is 48.4 Å². The van der Waals surface area contributed by atoms with Gasteiger partial charge in [-0.15, -0.1) is 0 Å². The summed E-state index contributed by atoms with van der Waals surface area (Å²) in [7, 11) is 3.38. The van der Waals surface area contributed by atoms with E-state index in [-0.39, 0.29) is 35.9 Å². The number of benzene rings is 3. The molecule has 0 spiro atoms. The van der Waals surface area contributed by atoms with E-state index in [4.69, 9.17) is 0 Å². The Bertz CT molecular complexity index is 1960. The van der Waals surface area contributed by atoms with Crippen molar-refractivity contribution in [2.24, 2.45) is 5.92 Å². The number of nitrogens with zero attached hydrogens (tertiary/aromatic N) is 4. The van der Waals surface area contributed by atoms with Crippen LogP contribution in [0.2, 0.25) is 0 Å². The Morgan fingerprint density at radius 1 is 1.02 bits per heavy atom. The molecule has 2 amide bonds. The molecule has 0 unspecified atom stereocenters. The van der Waals surface area contributed by atoms with Crippen molar-refractivity contribution in [3.63, 3.8) is 0 Å². The molecule has 44 heavy (non-hydrogen) atoms. The third kappa shape index (κ3) is 5.90. The Balaban J connectivity index is 1.64. The van der Waals surface area contributed by atoms with Gasteiger partial charge < -0.3 is 14.8 Å². The van der Waals surface area contributed by atoms with E-state index >= 15 is 0 Å². The van der Waals surface area contributed by atoms with E-state index in [9.17, 15) is 18.8 Å². The quantitative estimate of drug-likeness (QED) is 0.227. The van der Waals surface area contributed by atoms with Crippen LogP contribution in [0.3, 0.4) is 0 Å². The molecular weight excluding hydrogens is 557 g/mol. The molecule has 3 aromatic carbocycles. The Morgan fingerprint density at radius 2 is 1.80 bits per heavy atom. The van der Waals surface area contributed by atoms with Gasteiger partial charge in [0.2, 0.25) is 5.91 Å². The van der Waals surface area contributed by atoms with E-state index in [0.717, 1.165) is 33.3 Å². The highest BCUT2D eigenvalue weighted by molar-refractivity contribution is 5.95. The second-order valence-corrected chi connectivity index (χ2v) is 11.4. The first-order valence-corrected chi connectivity index (χ1v) is 14.6. The molecule has 0 aliphatic carbocycles. The number of rotatable bonds is 8. The number of anilines is 1. The molecular formula is C35H36FN5O3. The number of halogens is 1. The molecule has 0 saturated heterocycles. The van der Waals surface area contributed by atoms with Gasteiger partial charge in [-0.1, -0.05) is 32.0 Å². The summed E-state index contributed by atoms with van der Waals surface area (Å²) >= 11 is 0. The fraction of sp³-hybridized carbons (Fsp3) is 0.257. The summed E-state index contributed by atoms with van der Waals surface area (Å²) in [5.74, 6) is -1.07. The molecule has 0 aliphatic rings. The number of amides is 2. The average molecular weight is 594 g/mol. The van der Waals surface area contributed by atoms with Crippen LogP contribution in [0.1, 0.15) is 47.3 Å². The molecule has 0 radical (unpaired) electrons. The smallest absolute Gasteiger partial charge is 0.294 e. The van der Waals surface area contributed by atoms with Crippen molar-refractivity contribution in [2.75, 3.05) is 19.4 Å². The maximum absolute atomic E-state index is 14.0. The Labute approximate surface area is 255 Å². The van der Waals surface area contributed by atoms with Crippen LogP contribution in [0, 0.1) is 25.6 Å². The van der Waals surface area contributed by atoms with Gasteiger partial charge in [-0.3, -0.25) is 19.0 Å². The summed E-state index contributed by atoms with van der Waals surface area (Å²) < 4.78 is 17.6. The highest BCUT2D eigenvalue weighted by Crippen LogP contribution is 2.28. The van der Waals surface area contributed by atoms with Gasteiger partial charge in [-0.25, -0.2) is 9.37 Å². The zero-order valence-electron chi connectivity index (χ0n) is 25.8. The first-order chi connectivity index (χ1) is 21.0. The fourth-order valence-corrected chi connectivity index (χ4v) is 5.23. The lowest BCUT2D eigenvalue weighted by atomic mass is 10.0. The first-order valence-electron chi connectivity index (χ1n) is 14.6. The Hall–Kier alpha value is -5.05. The zero-order chi connectivity index (χ0) is 31.7. The molecule has 5 rings (SSSR count). The summed E-state index contributed by atoms with van der Waals surface area (Å²) in [5.41, 5.74) is 5.60. The van der Waals surface area contributed by atoms with Crippen molar-refractivity contribution in [2.45, 2.75) is 40.7 Å². The van der Waals surface area contributed by atoms with Gasteiger partial charge in [0.1, 0.15) is 5.82 Å². The first kappa shape index (κ1) is 30.4. The second kappa shape index (κ2) is 12.3. The third-order valence-electron chi connectivity index (χ3n) is 8.02. The van der Waals surface area contributed by atoms with Crippen molar-refractivity contribution in [1.82, 2.24) is 19.0 Å². The lowest BCUT2D eigenvalue weighted by Crippen LogP contribution is -2.31. The third-order valence-corrected chi connectivity index (χ3v) is 8.02. The van der Waals surface area contributed by atoms with Gasteiger partial charge in [0.25, 0.3) is 11.5 Å². The lowest BCUT2D eigenvalue weighted by molar-refractivity contribution is -0.119. The maximum Gasteiger partial charge on any atom is 0.294 e. The standard InChI is InChI=1S/C35H36FN5O3/c1-7-21(2)33(42)38-32-35(44)41(31(18-37-32)28-16-25(12-11-22(28)3)34(43)39(5)6)20-24-9-8-10-27(15-24)40-19-23(4)29-17-26(36)13-14-30(29)40/h8-19,21H,7,20H2,1-6H3,(H,37,38,42)/t21-/m1/s1. The van der Waals surface area contributed by atoms with Crippen LogP contribution in [0.25, 0.3) is 27.8 Å². The number of carbonyl (C=O) groups excluding carboxylic acids is 2. The van der Waals surface area contributed by atoms with Crippen LogP contribution in [0.15, 0.2) is 77.9 Å². The SMILES string of the molecule is CC[C@@H](C)C(=O)Nc1ncc(-c2cc(C(=O)N(C)C)ccc2C)n(Cc2cccc(-n3cc(C)c4cc(F)ccc43)c2)c1=O. The van der Waals surface area contributed by atoms with E-state index in [1.807, 2.05) is 61.9 Å². The van der Waals surface area contributed by atoms with Gasteiger partial charge in [0.15, 0.2) is 5.82 Å². The van der Waals surface area contributed by atoms with E-state index in [1.165, 1.54) is 17.0 Å². The largest absolute Gasteiger partial charge is 0.345 e. The fourth-order valence-electron chi connectivity index (χ4n) is 5.23. The van der Waals surface area contributed by atoms with Crippen molar-refractivity contribution < 1.29 is 14.0 Å². The number of hydrogen-bond acceptors (Lipinski definition) is 4. The number of aryl methyl sites for hydroxylation is 2. The molecule has 226 valence electrons.